The van der Waals surface area contributed by atoms with Gasteiger partial charge in [-0.2, -0.15) is 0 Å². The summed E-state index contributed by atoms with van der Waals surface area (Å²) in [7, 11) is 0. The van der Waals surface area contributed by atoms with E-state index in [1.807, 2.05) is 25.1 Å². The van der Waals surface area contributed by atoms with Crippen LogP contribution in [0.3, 0.4) is 0 Å². The molecule has 0 unspecified atom stereocenters. The van der Waals surface area contributed by atoms with Crippen LogP contribution in [0.25, 0.3) is 0 Å². The van der Waals surface area contributed by atoms with E-state index in [0.29, 0.717) is 12.3 Å². The lowest BCUT2D eigenvalue weighted by Gasteiger charge is -2.09. The molecule has 1 atom stereocenters. The van der Waals surface area contributed by atoms with Crippen molar-refractivity contribution in [1.82, 2.24) is 5.32 Å². The Balaban J connectivity index is 2.48. The summed E-state index contributed by atoms with van der Waals surface area (Å²) in [6, 6.07) is 7.37. The third kappa shape index (κ3) is 4.70. The molecule has 0 aliphatic rings. The Morgan fingerprint density at radius 3 is 3.06 bits per heavy atom. The van der Waals surface area contributed by atoms with Gasteiger partial charge in [0.25, 0.3) is 5.91 Å². The highest BCUT2D eigenvalue weighted by Gasteiger charge is 2.03. The van der Waals surface area contributed by atoms with E-state index in [1.54, 1.807) is 12.1 Å². The van der Waals surface area contributed by atoms with Crippen LogP contribution >= 0.6 is 0 Å². The molecule has 0 saturated heterocycles. The van der Waals surface area contributed by atoms with Gasteiger partial charge in [-0.15, -0.1) is 6.58 Å². The molecule has 1 rings (SSSR count). The van der Waals surface area contributed by atoms with Crippen LogP contribution in [0, 0.1) is 0 Å². The Kier molecular flexibility index (Phi) is 5.23. The highest BCUT2D eigenvalue weighted by atomic mass is 16.5. The van der Waals surface area contributed by atoms with Gasteiger partial charge in [-0.05, 0) is 24.6 Å². The number of carbonyl (C=O) groups is 1. The van der Waals surface area contributed by atoms with Gasteiger partial charge in [-0.25, -0.2) is 0 Å². The zero-order valence-corrected chi connectivity index (χ0v) is 9.98. The molecule has 1 aromatic rings. The first-order chi connectivity index (χ1) is 8.13. The smallest absolute Gasteiger partial charge is 0.258 e. The third-order valence-corrected chi connectivity index (χ3v) is 2.20. The predicted octanol–water partition coefficient (Wildman–Crippen LogP) is 1.39. The van der Waals surface area contributed by atoms with E-state index in [9.17, 15) is 4.79 Å². The van der Waals surface area contributed by atoms with Gasteiger partial charge in [-0.1, -0.05) is 18.2 Å². The van der Waals surface area contributed by atoms with Gasteiger partial charge in [0, 0.05) is 12.6 Å². The van der Waals surface area contributed by atoms with Gasteiger partial charge in [0.05, 0.1) is 0 Å². The lowest BCUT2D eigenvalue weighted by atomic mass is 10.1. The second-order valence-electron chi connectivity index (χ2n) is 3.74. The van der Waals surface area contributed by atoms with Gasteiger partial charge < -0.3 is 15.8 Å². The Morgan fingerprint density at radius 2 is 2.41 bits per heavy atom. The molecular weight excluding hydrogens is 216 g/mol. The maximum Gasteiger partial charge on any atom is 0.258 e. The van der Waals surface area contributed by atoms with E-state index in [2.05, 4.69) is 11.9 Å². The van der Waals surface area contributed by atoms with E-state index in [0.717, 1.165) is 5.56 Å². The number of benzene rings is 1. The number of carbonyl (C=O) groups excluding carboxylic acids is 1. The van der Waals surface area contributed by atoms with Crippen molar-refractivity contribution < 1.29 is 9.53 Å². The second-order valence-corrected chi connectivity index (χ2v) is 3.74. The summed E-state index contributed by atoms with van der Waals surface area (Å²) in [5.74, 6) is 0.477. The minimum atomic E-state index is -0.170. The fourth-order valence-electron chi connectivity index (χ4n) is 1.27. The van der Waals surface area contributed by atoms with Crippen molar-refractivity contribution in [3.63, 3.8) is 0 Å². The molecule has 0 aromatic heterocycles. The van der Waals surface area contributed by atoms with Crippen molar-refractivity contribution in [2.45, 2.75) is 13.0 Å². The number of hydrogen-bond donors (Lipinski definition) is 2. The Hall–Kier alpha value is -1.81. The van der Waals surface area contributed by atoms with E-state index >= 15 is 0 Å². The molecule has 0 aliphatic carbocycles. The number of rotatable bonds is 6. The molecule has 1 amide bonds. The first-order valence-electron chi connectivity index (χ1n) is 5.49. The maximum atomic E-state index is 11.3. The number of nitrogens with one attached hydrogen (secondary N) is 1. The lowest BCUT2D eigenvalue weighted by Crippen LogP contribution is -2.28. The normalized spacial score (nSPS) is 11.6. The molecule has 0 saturated carbocycles. The molecule has 4 heteroatoms. The highest BCUT2D eigenvalue weighted by Crippen LogP contribution is 2.17. The number of nitrogens with two attached hydrogens (primary N) is 1. The third-order valence-electron chi connectivity index (χ3n) is 2.20. The lowest BCUT2D eigenvalue weighted by molar-refractivity contribution is -0.122. The molecule has 0 heterocycles. The number of hydrogen-bond acceptors (Lipinski definition) is 3. The summed E-state index contributed by atoms with van der Waals surface area (Å²) >= 11 is 0. The van der Waals surface area contributed by atoms with Crippen LogP contribution in [-0.2, 0) is 4.79 Å². The van der Waals surface area contributed by atoms with E-state index in [1.165, 1.54) is 0 Å². The van der Waals surface area contributed by atoms with Crippen LogP contribution in [0.15, 0.2) is 36.9 Å². The van der Waals surface area contributed by atoms with E-state index < -0.39 is 0 Å². The first-order valence-corrected chi connectivity index (χ1v) is 5.49. The largest absolute Gasteiger partial charge is 0.484 e. The van der Waals surface area contributed by atoms with E-state index in [-0.39, 0.29) is 18.6 Å². The summed E-state index contributed by atoms with van der Waals surface area (Å²) in [5.41, 5.74) is 6.74. The standard InChI is InChI=1S/C13H18N2O2/c1-3-7-15-13(16)9-17-12-6-4-5-11(8-12)10(2)14/h3-6,8,10H,1,7,9,14H2,2H3,(H,15,16)/t10-/m0/s1. The molecule has 0 radical (unpaired) electrons. The average molecular weight is 234 g/mol. The molecule has 0 spiro atoms. The molecule has 3 N–H and O–H groups in total. The summed E-state index contributed by atoms with van der Waals surface area (Å²) in [5, 5.41) is 2.63. The molecule has 17 heavy (non-hydrogen) atoms. The quantitative estimate of drug-likeness (QED) is 0.731. The summed E-state index contributed by atoms with van der Waals surface area (Å²) in [6.07, 6.45) is 1.62. The SMILES string of the molecule is C=CCNC(=O)COc1cccc([C@H](C)N)c1. The zero-order valence-electron chi connectivity index (χ0n) is 9.98. The van der Waals surface area contributed by atoms with Crippen LogP contribution < -0.4 is 15.8 Å². The van der Waals surface area contributed by atoms with Crippen LogP contribution in [0.5, 0.6) is 5.75 Å². The van der Waals surface area contributed by atoms with Crippen LogP contribution in [0.1, 0.15) is 18.5 Å². The summed E-state index contributed by atoms with van der Waals surface area (Å²) in [4.78, 5) is 11.3. The molecule has 1 aromatic carbocycles. The topological polar surface area (TPSA) is 64.3 Å². The molecule has 4 nitrogen and oxygen atoms in total. The number of ether oxygens (including phenoxy) is 1. The summed E-state index contributed by atoms with van der Waals surface area (Å²) in [6.45, 7) is 5.85. The Bertz CT molecular complexity index is 389. The van der Waals surface area contributed by atoms with Crippen LogP contribution in [-0.4, -0.2) is 19.1 Å². The molecular formula is C13H18N2O2. The van der Waals surface area contributed by atoms with Crippen molar-refractivity contribution in [3.8, 4) is 5.75 Å². The van der Waals surface area contributed by atoms with Crippen molar-refractivity contribution in [2.75, 3.05) is 13.2 Å². The van der Waals surface area contributed by atoms with E-state index in [4.69, 9.17) is 10.5 Å². The maximum absolute atomic E-state index is 11.3. The predicted molar refractivity (Wildman–Crippen MR) is 67.7 cm³/mol. The molecule has 0 bridgehead atoms. The Morgan fingerprint density at radius 1 is 1.65 bits per heavy atom. The van der Waals surface area contributed by atoms with Crippen LogP contribution in [0.2, 0.25) is 0 Å². The highest BCUT2D eigenvalue weighted by molar-refractivity contribution is 5.77. The zero-order chi connectivity index (χ0) is 12.7. The van der Waals surface area contributed by atoms with Crippen molar-refractivity contribution in [2.24, 2.45) is 5.73 Å². The molecule has 0 aliphatic heterocycles. The van der Waals surface area contributed by atoms with Crippen LogP contribution in [0.4, 0.5) is 0 Å². The van der Waals surface area contributed by atoms with Crippen molar-refractivity contribution in [1.29, 1.82) is 0 Å². The molecule has 0 fully saturated rings. The molecule has 92 valence electrons. The minimum absolute atomic E-state index is 0.00372. The number of amides is 1. The fourth-order valence-corrected chi connectivity index (χ4v) is 1.27. The fraction of sp³-hybridized carbons (Fsp3) is 0.308. The van der Waals surface area contributed by atoms with Crippen molar-refractivity contribution >= 4 is 5.91 Å². The van der Waals surface area contributed by atoms with Gasteiger partial charge >= 0.3 is 0 Å². The van der Waals surface area contributed by atoms with Crippen molar-refractivity contribution in [3.05, 3.63) is 42.5 Å². The van der Waals surface area contributed by atoms with Gasteiger partial charge in [-0.3, -0.25) is 4.79 Å². The van der Waals surface area contributed by atoms with Gasteiger partial charge in [0.15, 0.2) is 6.61 Å². The monoisotopic (exact) mass is 234 g/mol. The Labute approximate surface area is 101 Å². The average Bonchev–Trinajstić information content (AvgIpc) is 2.34. The minimum Gasteiger partial charge on any atom is -0.484 e. The van der Waals surface area contributed by atoms with Gasteiger partial charge in [0.1, 0.15) is 5.75 Å². The summed E-state index contributed by atoms with van der Waals surface area (Å²) < 4.78 is 5.35. The second kappa shape index (κ2) is 6.70. The first kappa shape index (κ1) is 13.3. The van der Waals surface area contributed by atoms with Gasteiger partial charge in [0.2, 0.25) is 0 Å².